The van der Waals surface area contributed by atoms with Crippen molar-refractivity contribution in [3.05, 3.63) is 35.9 Å². The SMILES string of the molecule is CCCCCCCCCCCCOC(=O)c1ccccc1.OCCN(CCO)CCO. The van der Waals surface area contributed by atoms with E-state index in [1.54, 1.807) is 17.0 Å². The fourth-order valence-electron chi connectivity index (χ4n) is 3.17. The minimum absolute atomic E-state index is 0.0694. The zero-order chi connectivity index (χ0) is 23.0. The molecule has 3 N–H and O–H groups in total. The van der Waals surface area contributed by atoms with Gasteiger partial charge in [0.05, 0.1) is 32.0 Å². The lowest BCUT2D eigenvalue weighted by Crippen LogP contribution is -2.32. The molecule has 1 rings (SSSR count). The van der Waals surface area contributed by atoms with Crippen LogP contribution >= 0.6 is 0 Å². The molecule has 0 bridgehead atoms. The van der Waals surface area contributed by atoms with Crippen LogP contribution in [0.3, 0.4) is 0 Å². The van der Waals surface area contributed by atoms with Crippen LogP contribution < -0.4 is 0 Å². The molecule has 0 saturated carbocycles. The van der Waals surface area contributed by atoms with Gasteiger partial charge >= 0.3 is 5.97 Å². The number of benzene rings is 1. The van der Waals surface area contributed by atoms with E-state index in [0.29, 0.717) is 31.8 Å². The van der Waals surface area contributed by atoms with Gasteiger partial charge in [-0.15, -0.1) is 0 Å². The van der Waals surface area contributed by atoms with Crippen LogP contribution in [0.5, 0.6) is 0 Å². The van der Waals surface area contributed by atoms with Gasteiger partial charge in [0.1, 0.15) is 0 Å². The largest absolute Gasteiger partial charge is 0.462 e. The van der Waals surface area contributed by atoms with E-state index in [4.69, 9.17) is 20.1 Å². The molecule has 0 amide bonds. The van der Waals surface area contributed by atoms with Gasteiger partial charge in [-0.25, -0.2) is 4.79 Å². The smallest absolute Gasteiger partial charge is 0.338 e. The summed E-state index contributed by atoms with van der Waals surface area (Å²) in [6, 6.07) is 9.20. The second kappa shape index (κ2) is 23.2. The van der Waals surface area contributed by atoms with Crippen molar-refractivity contribution in [2.75, 3.05) is 46.1 Å². The number of hydrogen-bond acceptors (Lipinski definition) is 6. The number of hydrogen-bond donors (Lipinski definition) is 3. The Labute approximate surface area is 189 Å². The second-order valence-corrected chi connectivity index (χ2v) is 7.70. The lowest BCUT2D eigenvalue weighted by molar-refractivity contribution is 0.0497. The Morgan fingerprint density at radius 3 is 1.65 bits per heavy atom. The number of esters is 1. The molecule has 6 nitrogen and oxygen atoms in total. The summed E-state index contributed by atoms with van der Waals surface area (Å²) in [6.45, 7) is 4.55. The summed E-state index contributed by atoms with van der Waals surface area (Å²) in [4.78, 5) is 13.5. The van der Waals surface area contributed by atoms with E-state index in [9.17, 15) is 4.79 Å². The fraction of sp³-hybridized carbons (Fsp3) is 0.720. The third-order valence-corrected chi connectivity index (χ3v) is 4.99. The molecule has 1 aromatic carbocycles. The number of unbranched alkanes of at least 4 members (excludes halogenated alkanes) is 9. The first kappa shape index (κ1) is 29.5. The molecule has 0 unspecified atom stereocenters. The number of rotatable bonds is 18. The number of ether oxygens (including phenoxy) is 1. The summed E-state index contributed by atoms with van der Waals surface area (Å²) in [5.41, 5.74) is 0.643. The Balaban J connectivity index is 0.000000759. The maximum absolute atomic E-state index is 11.7. The highest BCUT2D eigenvalue weighted by molar-refractivity contribution is 5.89. The summed E-state index contributed by atoms with van der Waals surface area (Å²) >= 11 is 0. The van der Waals surface area contributed by atoms with Crippen LogP contribution in [0.15, 0.2) is 30.3 Å². The minimum atomic E-state index is -0.202. The van der Waals surface area contributed by atoms with Crippen LogP contribution in [0.2, 0.25) is 0 Å². The molecule has 0 radical (unpaired) electrons. The van der Waals surface area contributed by atoms with E-state index >= 15 is 0 Å². The van der Waals surface area contributed by atoms with E-state index in [1.165, 1.54) is 51.4 Å². The Kier molecular flexibility index (Phi) is 22.1. The first-order valence-electron chi connectivity index (χ1n) is 12.0. The van der Waals surface area contributed by atoms with Gasteiger partial charge in [0.2, 0.25) is 0 Å². The molecule has 0 saturated heterocycles. The molecule has 0 spiro atoms. The predicted octanol–water partition coefficient (Wildman–Crippen LogP) is 4.03. The molecule has 0 aliphatic heterocycles. The molecule has 0 atom stereocenters. The van der Waals surface area contributed by atoms with Crippen molar-refractivity contribution in [1.82, 2.24) is 4.90 Å². The predicted molar refractivity (Wildman–Crippen MR) is 126 cm³/mol. The Bertz CT molecular complexity index is 484. The van der Waals surface area contributed by atoms with Crippen LogP contribution in [-0.2, 0) is 4.74 Å². The molecular formula is C25H45NO5. The normalized spacial score (nSPS) is 10.6. The zero-order valence-corrected chi connectivity index (χ0v) is 19.5. The Morgan fingerprint density at radius 2 is 1.19 bits per heavy atom. The maximum Gasteiger partial charge on any atom is 0.338 e. The van der Waals surface area contributed by atoms with Gasteiger partial charge in [-0.1, -0.05) is 82.9 Å². The summed E-state index contributed by atoms with van der Waals surface area (Å²) < 4.78 is 5.26. The first-order valence-corrected chi connectivity index (χ1v) is 12.0. The van der Waals surface area contributed by atoms with E-state index in [1.807, 2.05) is 18.2 Å². The average Bonchev–Trinajstić information content (AvgIpc) is 2.79. The van der Waals surface area contributed by atoms with Crippen LogP contribution in [0.1, 0.15) is 81.5 Å². The lowest BCUT2D eigenvalue weighted by atomic mass is 10.1. The van der Waals surface area contributed by atoms with E-state index < -0.39 is 0 Å². The molecule has 180 valence electrons. The van der Waals surface area contributed by atoms with Crippen molar-refractivity contribution < 1.29 is 24.9 Å². The average molecular weight is 440 g/mol. The van der Waals surface area contributed by atoms with Gasteiger partial charge in [-0.2, -0.15) is 0 Å². The van der Waals surface area contributed by atoms with Crippen molar-refractivity contribution in [1.29, 1.82) is 0 Å². The quantitative estimate of drug-likeness (QED) is 0.236. The van der Waals surface area contributed by atoms with Crippen molar-refractivity contribution >= 4 is 5.97 Å². The number of carbonyl (C=O) groups is 1. The number of carbonyl (C=O) groups excluding carboxylic acids is 1. The number of nitrogens with zero attached hydrogens (tertiary/aromatic N) is 1. The summed E-state index contributed by atoms with van der Waals surface area (Å²) in [5.74, 6) is -0.202. The minimum Gasteiger partial charge on any atom is -0.462 e. The van der Waals surface area contributed by atoms with Gasteiger partial charge in [0.15, 0.2) is 0 Å². The highest BCUT2D eigenvalue weighted by atomic mass is 16.5. The van der Waals surface area contributed by atoms with Crippen LogP contribution in [0, 0.1) is 0 Å². The first-order chi connectivity index (χ1) is 15.2. The van der Waals surface area contributed by atoms with Gasteiger partial charge in [-0.3, -0.25) is 4.90 Å². The number of aliphatic hydroxyl groups excluding tert-OH is 3. The maximum atomic E-state index is 11.7. The molecule has 0 aromatic heterocycles. The van der Waals surface area contributed by atoms with Crippen molar-refractivity contribution in [3.63, 3.8) is 0 Å². The van der Waals surface area contributed by atoms with Crippen molar-refractivity contribution in [2.45, 2.75) is 71.1 Å². The van der Waals surface area contributed by atoms with Gasteiger partial charge in [0, 0.05) is 19.6 Å². The molecule has 6 heteroatoms. The highest BCUT2D eigenvalue weighted by Gasteiger charge is 2.04. The van der Waals surface area contributed by atoms with E-state index in [0.717, 1.165) is 12.8 Å². The van der Waals surface area contributed by atoms with Crippen molar-refractivity contribution in [2.24, 2.45) is 0 Å². The van der Waals surface area contributed by atoms with Crippen LogP contribution in [-0.4, -0.2) is 72.3 Å². The molecule has 0 heterocycles. The monoisotopic (exact) mass is 439 g/mol. The molecule has 31 heavy (non-hydrogen) atoms. The molecular weight excluding hydrogens is 394 g/mol. The molecule has 0 fully saturated rings. The molecule has 0 aliphatic rings. The third kappa shape index (κ3) is 19.0. The summed E-state index contributed by atoms with van der Waals surface area (Å²) in [7, 11) is 0. The van der Waals surface area contributed by atoms with Gasteiger partial charge < -0.3 is 20.1 Å². The zero-order valence-electron chi connectivity index (χ0n) is 19.5. The topological polar surface area (TPSA) is 90.2 Å². The van der Waals surface area contributed by atoms with E-state index in [-0.39, 0.29) is 25.8 Å². The Hall–Kier alpha value is -1.47. The van der Waals surface area contributed by atoms with Crippen LogP contribution in [0.4, 0.5) is 0 Å². The van der Waals surface area contributed by atoms with Crippen LogP contribution in [0.25, 0.3) is 0 Å². The number of aliphatic hydroxyl groups is 3. The fourth-order valence-corrected chi connectivity index (χ4v) is 3.17. The van der Waals surface area contributed by atoms with E-state index in [2.05, 4.69) is 6.92 Å². The van der Waals surface area contributed by atoms with Gasteiger partial charge in [0.25, 0.3) is 0 Å². The highest BCUT2D eigenvalue weighted by Crippen LogP contribution is 2.10. The summed E-state index contributed by atoms with van der Waals surface area (Å²) in [6.07, 6.45) is 12.9. The molecule has 0 aliphatic carbocycles. The van der Waals surface area contributed by atoms with Gasteiger partial charge in [-0.05, 0) is 18.6 Å². The standard InChI is InChI=1S/C19H30O2.C6H15NO3/c1-2-3-4-5-6-7-8-9-10-14-17-21-19(20)18-15-12-11-13-16-18;8-4-1-7(2-5-9)3-6-10/h11-13,15-16H,2-10,14,17H2,1H3;8-10H,1-6H2. The van der Waals surface area contributed by atoms with Crippen molar-refractivity contribution in [3.8, 4) is 0 Å². The third-order valence-electron chi connectivity index (χ3n) is 4.99. The second-order valence-electron chi connectivity index (χ2n) is 7.70. The lowest BCUT2D eigenvalue weighted by Gasteiger charge is -2.17. The molecule has 1 aromatic rings. The summed E-state index contributed by atoms with van der Waals surface area (Å²) in [5, 5.41) is 25.5. The Morgan fingerprint density at radius 1 is 0.742 bits per heavy atom.